The Labute approximate surface area is 101 Å². The zero-order chi connectivity index (χ0) is 12.3. The highest BCUT2D eigenvalue weighted by molar-refractivity contribution is 5.78. The van der Waals surface area contributed by atoms with E-state index in [0.29, 0.717) is 19.7 Å². The molecule has 1 aromatic heterocycles. The molecule has 0 bridgehead atoms. The van der Waals surface area contributed by atoms with E-state index in [9.17, 15) is 4.79 Å². The Morgan fingerprint density at radius 2 is 2.41 bits per heavy atom. The van der Waals surface area contributed by atoms with Crippen LogP contribution in [0.5, 0.6) is 0 Å². The van der Waals surface area contributed by atoms with Gasteiger partial charge in [-0.15, -0.1) is 0 Å². The molecule has 1 atom stereocenters. The van der Waals surface area contributed by atoms with Crippen molar-refractivity contribution in [3.05, 3.63) is 24.3 Å². The molecular formula is C12H17N3O2. The molecule has 1 saturated heterocycles. The van der Waals surface area contributed by atoms with Gasteiger partial charge in [-0.25, -0.2) is 9.97 Å². The SMILES string of the molecule is CC(C)C(=O)N1CCO[C@H](c2ccncn2)C1. The van der Waals surface area contributed by atoms with Gasteiger partial charge in [-0.1, -0.05) is 13.8 Å². The second-order valence-electron chi connectivity index (χ2n) is 4.43. The van der Waals surface area contributed by atoms with E-state index in [1.54, 1.807) is 6.20 Å². The van der Waals surface area contributed by atoms with E-state index in [-0.39, 0.29) is 17.9 Å². The number of rotatable bonds is 2. The van der Waals surface area contributed by atoms with E-state index in [0.717, 1.165) is 5.69 Å². The maximum Gasteiger partial charge on any atom is 0.225 e. The van der Waals surface area contributed by atoms with Gasteiger partial charge in [-0.3, -0.25) is 4.79 Å². The molecule has 1 aliphatic heterocycles. The molecule has 0 saturated carbocycles. The number of nitrogens with zero attached hydrogens (tertiary/aromatic N) is 3. The first-order valence-corrected chi connectivity index (χ1v) is 5.85. The smallest absolute Gasteiger partial charge is 0.225 e. The standard InChI is InChI=1S/C12H17N3O2/c1-9(2)12(16)15-5-6-17-11(7-15)10-3-4-13-8-14-10/h3-4,8-9,11H,5-7H2,1-2H3/t11-/m0/s1. The third kappa shape index (κ3) is 2.79. The van der Waals surface area contributed by atoms with Gasteiger partial charge in [0.25, 0.3) is 0 Å². The summed E-state index contributed by atoms with van der Waals surface area (Å²) in [6.45, 7) is 5.63. The zero-order valence-corrected chi connectivity index (χ0v) is 10.2. The molecular weight excluding hydrogens is 218 g/mol. The molecule has 92 valence electrons. The molecule has 5 heteroatoms. The Hall–Kier alpha value is -1.49. The number of carbonyl (C=O) groups excluding carboxylic acids is 1. The van der Waals surface area contributed by atoms with Crippen LogP contribution in [0.1, 0.15) is 25.6 Å². The highest BCUT2D eigenvalue weighted by Gasteiger charge is 2.27. The van der Waals surface area contributed by atoms with E-state index in [1.807, 2.05) is 24.8 Å². The molecule has 0 aromatic carbocycles. The summed E-state index contributed by atoms with van der Waals surface area (Å²) in [7, 11) is 0. The van der Waals surface area contributed by atoms with Crippen LogP contribution in [0.2, 0.25) is 0 Å². The molecule has 0 radical (unpaired) electrons. The largest absolute Gasteiger partial charge is 0.368 e. The Bertz CT molecular complexity index is 381. The van der Waals surface area contributed by atoms with Crippen molar-refractivity contribution in [2.24, 2.45) is 5.92 Å². The summed E-state index contributed by atoms with van der Waals surface area (Å²) in [6, 6.07) is 1.83. The van der Waals surface area contributed by atoms with E-state index >= 15 is 0 Å². The highest BCUT2D eigenvalue weighted by atomic mass is 16.5. The normalized spacial score (nSPS) is 20.6. The van der Waals surface area contributed by atoms with Crippen molar-refractivity contribution in [2.45, 2.75) is 20.0 Å². The Morgan fingerprint density at radius 3 is 3.06 bits per heavy atom. The summed E-state index contributed by atoms with van der Waals surface area (Å²) < 4.78 is 5.64. The minimum Gasteiger partial charge on any atom is -0.368 e. The van der Waals surface area contributed by atoms with Crippen LogP contribution >= 0.6 is 0 Å². The number of ether oxygens (including phenoxy) is 1. The lowest BCUT2D eigenvalue weighted by atomic mass is 10.1. The Morgan fingerprint density at radius 1 is 1.59 bits per heavy atom. The van der Waals surface area contributed by atoms with Crippen LogP contribution in [0, 0.1) is 5.92 Å². The molecule has 1 amide bonds. The van der Waals surface area contributed by atoms with Crippen LogP contribution in [0.4, 0.5) is 0 Å². The molecule has 0 N–H and O–H groups in total. The van der Waals surface area contributed by atoms with Gasteiger partial charge >= 0.3 is 0 Å². The number of hydrogen-bond acceptors (Lipinski definition) is 4. The maximum atomic E-state index is 11.9. The third-order valence-electron chi connectivity index (χ3n) is 2.81. The summed E-state index contributed by atoms with van der Waals surface area (Å²) >= 11 is 0. The predicted octanol–water partition coefficient (Wildman–Crippen LogP) is 1.03. The van der Waals surface area contributed by atoms with Crippen molar-refractivity contribution in [1.29, 1.82) is 0 Å². The fraction of sp³-hybridized carbons (Fsp3) is 0.583. The van der Waals surface area contributed by atoms with Gasteiger partial charge < -0.3 is 9.64 Å². The molecule has 2 rings (SSSR count). The quantitative estimate of drug-likeness (QED) is 0.768. The number of amides is 1. The first kappa shape index (κ1) is 12.0. The number of carbonyl (C=O) groups is 1. The summed E-state index contributed by atoms with van der Waals surface area (Å²) in [5.74, 6) is 0.200. The summed E-state index contributed by atoms with van der Waals surface area (Å²) in [5, 5.41) is 0. The van der Waals surface area contributed by atoms with Gasteiger partial charge in [0.1, 0.15) is 12.4 Å². The molecule has 0 aliphatic carbocycles. The molecule has 2 heterocycles. The monoisotopic (exact) mass is 235 g/mol. The second-order valence-corrected chi connectivity index (χ2v) is 4.43. The minimum atomic E-state index is -0.130. The molecule has 1 aromatic rings. The topological polar surface area (TPSA) is 55.3 Å². The van der Waals surface area contributed by atoms with Gasteiger partial charge in [-0.05, 0) is 6.07 Å². The van der Waals surface area contributed by atoms with Gasteiger partial charge in [0.15, 0.2) is 0 Å². The summed E-state index contributed by atoms with van der Waals surface area (Å²) in [4.78, 5) is 21.8. The first-order valence-electron chi connectivity index (χ1n) is 5.85. The lowest BCUT2D eigenvalue weighted by Gasteiger charge is -2.33. The van der Waals surface area contributed by atoms with Gasteiger partial charge in [-0.2, -0.15) is 0 Å². The van der Waals surface area contributed by atoms with Gasteiger partial charge in [0.05, 0.1) is 18.8 Å². The zero-order valence-electron chi connectivity index (χ0n) is 10.2. The number of hydrogen-bond donors (Lipinski definition) is 0. The average Bonchev–Trinajstić information content (AvgIpc) is 2.39. The fourth-order valence-corrected chi connectivity index (χ4v) is 1.88. The molecule has 5 nitrogen and oxygen atoms in total. The molecule has 1 fully saturated rings. The van der Waals surface area contributed by atoms with Gasteiger partial charge in [0, 0.05) is 18.7 Å². The van der Waals surface area contributed by atoms with Crippen molar-refractivity contribution < 1.29 is 9.53 Å². The van der Waals surface area contributed by atoms with Crippen molar-refractivity contribution in [3.8, 4) is 0 Å². The van der Waals surface area contributed by atoms with Gasteiger partial charge in [0.2, 0.25) is 5.91 Å². The van der Waals surface area contributed by atoms with Crippen LogP contribution in [0.3, 0.4) is 0 Å². The van der Waals surface area contributed by atoms with E-state index < -0.39 is 0 Å². The first-order chi connectivity index (χ1) is 8.18. The summed E-state index contributed by atoms with van der Waals surface area (Å²) in [5.41, 5.74) is 0.834. The molecule has 17 heavy (non-hydrogen) atoms. The van der Waals surface area contributed by atoms with E-state index in [1.165, 1.54) is 6.33 Å². The number of aromatic nitrogens is 2. The maximum absolute atomic E-state index is 11.9. The molecule has 0 unspecified atom stereocenters. The van der Waals surface area contributed by atoms with Crippen LogP contribution in [-0.4, -0.2) is 40.5 Å². The fourth-order valence-electron chi connectivity index (χ4n) is 1.88. The Kier molecular flexibility index (Phi) is 3.68. The van der Waals surface area contributed by atoms with Crippen molar-refractivity contribution in [1.82, 2.24) is 14.9 Å². The predicted molar refractivity (Wildman–Crippen MR) is 62.1 cm³/mol. The van der Waals surface area contributed by atoms with Crippen LogP contribution in [0.15, 0.2) is 18.6 Å². The van der Waals surface area contributed by atoms with Crippen molar-refractivity contribution >= 4 is 5.91 Å². The highest BCUT2D eigenvalue weighted by Crippen LogP contribution is 2.20. The summed E-state index contributed by atoms with van der Waals surface area (Å²) in [6.07, 6.45) is 3.06. The lowest BCUT2D eigenvalue weighted by molar-refractivity contribution is -0.142. The average molecular weight is 235 g/mol. The lowest BCUT2D eigenvalue weighted by Crippen LogP contribution is -2.44. The Balaban J connectivity index is 2.05. The molecule has 1 aliphatic rings. The number of morpholine rings is 1. The minimum absolute atomic E-state index is 0.0270. The van der Waals surface area contributed by atoms with E-state index in [4.69, 9.17) is 4.74 Å². The second kappa shape index (κ2) is 5.23. The van der Waals surface area contributed by atoms with Crippen molar-refractivity contribution in [3.63, 3.8) is 0 Å². The van der Waals surface area contributed by atoms with Crippen LogP contribution < -0.4 is 0 Å². The van der Waals surface area contributed by atoms with Crippen LogP contribution in [-0.2, 0) is 9.53 Å². The van der Waals surface area contributed by atoms with Crippen molar-refractivity contribution in [2.75, 3.05) is 19.7 Å². The molecule has 0 spiro atoms. The van der Waals surface area contributed by atoms with E-state index in [2.05, 4.69) is 9.97 Å². The third-order valence-corrected chi connectivity index (χ3v) is 2.81. The van der Waals surface area contributed by atoms with Crippen LogP contribution in [0.25, 0.3) is 0 Å².